The van der Waals surface area contributed by atoms with Crippen molar-refractivity contribution in [3.05, 3.63) is 77.0 Å². The van der Waals surface area contributed by atoms with Crippen molar-refractivity contribution >= 4 is 34.9 Å². The highest BCUT2D eigenvalue weighted by molar-refractivity contribution is 7.80. The predicted octanol–water partition coefficient (Wildman–Crippen LogP) is 3.19. The first-order valence-electron chi connectivity index (χ1n) is 10.3. The maximum absolute atomic E-state index is 12.9. The van der Waals surface area contributed by atoms with Crippen LogP contribution in [0, 0.1) is 0 Å². The number of ether oxygens (including phenoxy) is 2. The molecule has 0 aliphatic carbocycles. The number of hydrogen-bond acceptors (Lipinski definition) is 5. The summed E-state index contributed by atoms with van der Waals surface area (Å²) >= 11 is 5.44. The number of benzene rings is 2. The van der Waals surface area contributed by atoms with E-state index in [2.05, 4.69) is 10.6 Å². The Morgan fingerprint density at radius 1 is 1.12 bits per heavy atom. The molecule has 7 nitrogen and oxygen atoms in total. The van der Waals surface area contributed by atoms with Crippen LogP contribution in [-0.2, 0) is 25.5 Å². The van der Waals surface area contributed by atoms with Gasteiger partial charge in [-0.3, -0.25) is 4.79 Å². The molecule has 32 heavy (non-hydrogen) atoms. The number of thiocarbonyl (C=S) groups is 1. The molecule has 2 N–H and O–H groups in total. The maximum atomic E-state index is 12.9. The molecule has 1 unspecified atom stereocenters. The number of allylic oxidation sites excluding steroid dienone is 1. The summed E-state index contributed by atoms with van der Waals surface area (Å²) in [6.45, 7) is 2.30. The maximum Gasteiger partial charge on any atom is 0.338 e. The SMILES string of the molecule is COCCOC(=O)C1=C(C)N(C)C(=S)NC1c1cccc(NC(=O)Cc2ccccc2)c1. The summed E-state index contributed by atoms with van der Waals surface area (Å²) in [5, 5.41) is 6.64. The van der Waals surface area contributed by atoms with E-state index >= 15 is 0 Å². The summed E-state index contributed by atoms with van der Waals surface area (Å²) in [6, 6.07) is 16.4. The molecule has 3 rings (SSSR count). The molecular formula is C24H27N3O4S. The van der Waals surface area contributed by atoms with Crippen LogP contribution in [0.5, 0.6) is 0 Å². The predicted molar refractivity (Wildman–Crippen MR) is 127 cm³/mol. The summed E-state index contributed by atoms with van der Waals surface area (Å²) in [6.07, 6.45) is 0.276. The van der Waals surface area contributed by atoms with Gasteiger partial charge in [0, 0.05) is 25.5 Å². The van der Waals surface area contributed by atoms with Crippen LogP contribution in [0.2, 0.25) is 0 Å². The summed E-state index contributed by atoms with van der Waals surface area (Å²) < 4.78 is 10.4. The smallest absolute Gasteiger partial charge is 0.338 e. The van der Waals surface area contributed by atoms with Gasteiger partial charge in [-0.2, -0.15) is 0 Å². The lowest BCUT2D eigenvalue weighted by atomic mass is 9.95. The number of carbonyl (C=O) groups is 2. The second kappa shape index (κ2) is 10.9. The van der Waals surface area contributed by atoms with Crippen molar-refractivity contribution in [3.8, 4) is 0 Å². The second-order valence-corrected chi connectivity index (χ2v) is 7.79. The highest BCUT2D eigenvalue weighted by atomic mass is 32.1. The molecule has 1 aliphatic heterocycles. The van der Waals surface area contributed by atoms with Crippen molar-refractivity contribution in [1.29, 1.82) is 0 Å². The van der Waals surface area contributed by atoms with Gasteiger partial charge in [-0.25, -0.2) is 4.79 Å². The molecule has 0 saturated heterocycles. The highest BCUT2D eigenvalue weighted by Gasteiger charge is 2.33. The van der Waals surface area contributed by atoms with Gasteiger partial charge in [0.15, 0.2) is 5.11 Å². The number of nitrogens with zero attached hydrogens (tertiary/aromatic N) is 1. The Morgan fingerprint density at radius 3 is 2.59 bits per heavy atom. The zero-order valence-corrected chi connectivity index (χ0v) is 19.2. The normalized spacial score (nSPS) is 15.9. The molecule has 0 bridgehead atoms. The molecule has 1 aliphatic rings. The standard InChI is InChI=1S/C24H27N3O4S/c1-16-21(23(29)31-13-12-30-3)22(26-24(32)27(16)2)18-10-7-11-19(15-18)25-20(28)14-17-8-5-4-6-9-17/h4-11,15,22H,12-14H2,1-3H3,(H,25,28)(H,26,32). The van der Waals surface area contributed by atoms with Gasteiger partial charge in [0.25, 0.3) is 0 Å². The number of esters is 1. The third kappa shape index (κ3) is 5.72. The van der Waals surface area contributed by atoms with Crippen molar-refractivity contribution in [2.75, 3.05) is 32.7 Å². The molecule has 0 saturated carbocycles. The number of nitrogens with one attached hydrogen (secondary N) is 2. The van der Waals surface area contributed by atoms with E-state index in [9.17, 15) is 9.59 Å². The molecular weight excluding hydrogens is 426 g/mol. The van der Waals surface area contributed by atoms with Gasteiger partial charge < -0.3 is 25.0 Å². The van der Waals surface area contributed by atoms with Gasteiger partial charge in [0.2, 0.25) is 5.91 Å². The summed E-state index contributed by atoms with van der Waals surface area (Å²) in [7, 11) is 3.34. The second-order valence-electron chi connectivity index (χ2n) is 7.41. The van der Waals surface area contributed by atoms with E-state index in [0.29, 0.717) is 28.7 Å². The fourth-order valence-electron chi connectivity index (χ4n) is 3.43. The minimum Gasteiger partial charge on any atom is -0.460 e. The number of anilines is 1. The number of carbonyl (C=O) groups excluding carboxylic acids is 2. The third-order valence-electron chi connectivity index (χ3n) is 5.21. The first kappa shape index (κ1) is 23.4. The monoisotopic (exact) mass is 453 g/mol. The molecule has 2 aromatic rings. The van der Waals surface area contributed by atoms with Crippen LogP contribution < -0.4 is 10.6 Å². The van der Waals surface area contributed by atoms with Crippen LogP contribution >= 0.6 is 12.2 Å². The first-order chi connectivity index (χ1) is 15.4. The minimum atomic E-state index is -0.500. The van der Waals surface area contributed by atoms with Crippen LogP contribution in [-0.4, -0.2) is 49.3 Å². The van der Waals surface area contributed by atoms with Gasteiger partial charge in [-0.05, 0) is 42.4 Å². The van der Waals surface area contributed by atoms with Crippen molar-refractivity contribution < 1.29 is 19.1 Å². The molecule has 1 heterocycles. The Hall–Kier alpha value is -3.23. The van der Waals surface area contributed by atoms with Crippen LogP contribution in [0.3, 0.4) is 0 Å². The first-order valence-corrected chi connectivity index (χ1v) is 10.7. The van der Waals surface area contributed by atoms with E-state index in [1.165, 1.54) is 0 Å². The van der Waals surface area contributed by atoms with Gasteiger partial charge >= 0.3 is 5.97 Å². The largest absolute Gasteiger partial charge is 0.460 e. The zero-order chi connectivity index (χ0) is 23.1. The van der Waals surface area contributed by atoms with Crippen LogP contribution in [0.15, 0.2) is 65.9 Å². The number of rotatable bonds is 8. The lowest BCUT2D eigenvalue weighted by molar-refractivity contribution is -0.140. The van der Waals surface area contributed by atoms with Gasteiger partial charge in [0.1, 0.15) is 6.61 Å². The molecule has 1 atom stereocenters. The Balaban J connectivity index is 1.82. The Bertz CT molecular complexity index is 1020. The van der Waals surface area contributed by atoms with E-state index in [4.69, 9.17) is 21.7 Å². The van der Waals surface area contributed by atoms with Crippen molar-refractivity contribution in [2.45, 2.75) is 19.4 Å². The summed E-state index contributed by atoms with van der Waals surface area (Å²) in [5.41, 5.74) is 3.53. The van der Waals surface area contributed by atoms with Crippen molar-refractivity contribution in [1.82, 2.24) is 10.2 Å². The average molecular weight is 454 g/mol. The fourth-order valence-corrected chi connectivity index (χ4v) is 3.68. The molecule has 0 radical (unpaired) electrons. The summed E-state index contributed by atoms with van der Waals surface area (Å²) in [4.78, 5) is 27.1. The Morgan fingerprint density at radius 2 is 1.88 bits per heavy atom. The Kier molecular flexibility index (Phi) is 7.97. The van der Waals surface area contributed by atoms with Crippen molar-refractivity contribution in [3.63, 3.8) is 0 Å². The summed E-state index contributed by atoms with van der Waals surface area (Å²) in [5.74, 6) is -0.559. The highest BCUT2D eigenvalue weighted by Crippen LogP contribution is 2.32. The lowest BCUT2D eigenvalue weighted by Crippen LogP contribution is -2.46. The molecule has 168 valence electrons. The Labute approximate surface area is 193 Å². The number of methoxy groups -OCH3 is 1. The molecule has 0 spiro atoms. The van der Waals surface area contributed by atoms with Gasteiger partial charge in [-0.1, -0.05) is 42.5 Å². The molecule has 2 aromatic carbocycles. The molecule has 0 fully saturated rings. The van der Waals surface area contributed by atoms with E-state index in [1.807, 2.05) is 61.5 Å². The molecule has 8 heteroatoms. The topological polar surface area (TPSA) is 79.9 Å². The molecule has 0 aromatic heterocycles. The fraction of sp³-hybridized carbons (Fsp3) is 0.292. The van der Waals surface area contributed by atoms with E-state index < -0.39 is 12.0 Å². The van der Waals surface area contributed by atoms with Crippen LogP contribution in [0.1, 0.15) is 24.1 Å². The van der Waals surface area contributed by atoms with E-state index in [-0.39, 0.29) is 18.9 Å². The average Bonchev–Trinajstić information content (AvgIpc) is 2.78. The number of amides is 1. The molecule has 1 amide bonds. The van der Waals surface area contributed by atoms with E-state index in [0.717, 1.165) is 11.1 Å². The third-order valence-corrected chi connectivity index (χ3v) is 5.60. The van der Waals surface area contributed by atoms with Crippen LogP contribution in [0.25, 0.3) is 0 Å². The van der Waals surface area contributed by atoms with E-state index in [1.54, 1.807) is 19.1 Å². The zero-order valence-electron chi connectivity index (χ0n) is 18.4. The number of hydrogen-bond donors (Lipinski definition) is 2. The van der Waals surface area contributed by atoms with Gasteiger partial charge in [0.05, 0.1) is 24.6 Å². The quantitative estimate of drug-likeness (QED) is 0.361. The lowest BCUT2D eigenvalue weighted by Gasteiger charge is -2.35. The van der Waals surface area contributed by atoms with Crippen LogP contribution in [0.4, 0.5) is 5.69 Å². The minimum absolute atomic E-state index is 0.119. The van der Waals surface area contributed by atoms with Gasteiger partial charge in [-0.15, -0.1) is 0 Å². The van der Waals surface area contributed by atoms with Crippen molar-refractivity contribution in [2.24, 2.45) is 0 Å².